The summed E-state index contributed by atoms with van der Waals surface area (Å²) in [5.74, 6) is -1.50. The number of benzene rings is 1. The standard InChI is InChI=1S/C21H23N5O4/c22-8-6-17(27)19(23)15-5-2-10-26-12-16(25-20(15)26)13-3-1-4-14(11-13)21(30)24-9-7-18(28)29/h1-5,10-12,19H,6-9,22-23H2,(H,24,30)(H,28,29). The van der Waals surface area contributed by atoms with Crippen LogP contribution in [0.2, 0.25) is 0 Å². The maximum atomic E-state index is 12.3. The number of imidazole rings is 1. The fourth-order valence-electron chi connectivity index (χ4n) is 3.09. The second kappa shape index (κ2) is 9.29. The topological polar surface area (TPSA) is 153 Å². The normalized spacial score (nSPS) is 11.9. The number of fused-ring (bicyclic) bond motifs is 1. The minimum absolute atomic E-state index is 0.0465. The second-order valence-electron chi connectivity index (χ2n) is 6.78. The van der Waals surface area contributed by atoms with Gasteiger partial charge in [0.25, 0.3) is 5.91 Å². The highest BCUT2D eigenvalue weighted by Gasteiger charge is 2.19. The number of carboxylic acid groups (broad SMARTS) is 1. The van der Waals surface area contributed by atoms with Gasteiger partial charge in [0.1, 0.15) is 5.65 Å². The lowest BCUT2D eigenvalue weighted by molar-refractivity contribution is -0.136. The fourth-order valence-corrected chi connectivity index (χ4v) is 3.09. The van der Waals surface area contributed by atoms with Crippen LogP contribution in [0, 0.1) is 0 Å². The van der Waals surface area contributed by atoms with Gasteiger partial charge in [0.2, 0.25) is 0 Å². The molecule has 0 aliphatic rings. The number of Topliss-reactive ketones (excluding diaryl/α,β-unsaturated/α-hetero) is 1. The number of nitrogens with one attached hydrogen (secondary N) is 1. The summed E-state index contributed by atoms with van der Waals surface area (Å²) in [5.41, 5.74) is 14.5. The van der Waals surface area contributed by atoms with Crippen LogP contribution in [0.4, 0.5) is 0 Å². The van der Waals surface area contributed by atoms with Gasteiger partial charge in [-0.3, -0.25) is 14.4 Å². The van der Waals surface area contributed by atoms with Crippen LogP contribution in [0.3, 0.4) is 0 Å². The molecule has 6 N–H and O–H groups in total. The van der Waals surface area contributed by atoms with E-state index in [9.17, 15) is 14.4 Å². The van der Waals surface area contributed by atoms with Crippen molar-refractivity contribution in [2.45, 2.75) is 18.9 Å². The molecule has 156 valence electrons. The molecule has 3 aromatic rings. The van der Waals surface area contributed by atoms with Crippen molar-refractivity contribution in [3.63, 3.8) is 0 Å². The molecule has 9 heteroatoms. The van der Waals surface area contributed by atoms with Crippen molar-refractivity contribution in [2.75, 3.05) is 13.1 Å². The number of ketones is 1. The zero-order valence-corrected chi connectivity index (χ0v) is 16.2. The minimum atomic E-state index is -0.979. The van der Waals surface area contributed by atoms with Gasteiger partial charge in [-0.15, -0.1) is 0 Å². The van der Waals surface area contributed by atoms with Crippen LogP contribution in [0.5, 0.6) is 0 Å². The van der Waals surface area contributed by atoms with Crippen molar-refractivity contribution in [3.8, 4) is 11.3 Å². The Morgan fingerprint density at radius 3 is 2.70 bits per heavy atom. The Morgan fingerprint density at radius 1 is 1.17 bits per heavy atom. The molecule has 1 unspecified atom stereocenters. The van der Waals surface area contributed by atoms with Crippen LogP contribution in [-0.4, -0.2) is 45.2 Å². The van der Waals surface area contributed by atoms with Gasteiger partial charge in [0, 0.05) is 42.0 Å². The Hall–Kier alpha value is -3.56. The molecule has 2 heterocycles. The zero-order chi connectivity index (χ0) is 21.7. The number of carboxylic acids is 1. The molecule has 0 spiro atoms. The first-order valence-corrected chi connectivity index (χ1v) is 9.47. The molecular formula is C21H23N5O4. The number of aromatic nitrogens is 2. The van der Waals surface area contributed by atoms with Crippen LogP contribution < -0.4 is 16.8 Å². The monoisotopic (exact) mass is 409 g/mol. The Bertz CT molecular complexity index is 1090. The average molecular weight is 409 g/mol. The third-order valence-electron chi connectivity index (χ3n) is 4.63. The molecule has 1 amide bonds. The number of carbonyl (C=O) groups excluding carboxylic acids is 2. The van der Waals surface area contributed by atoms with Crippen molar-refractivity contribution >= 4 is 23.3 Å². The molecule has 0 aliphatic heterocycles. The molecule has 0 bridgehead atoms. The molecule has 9 nitrogen and oxygen atoms in total. The van der Waals surface area contributed by atoms with Crippen LogP contribution in [0.1, 0.15) is 34.8 Å². The lowest BCUT2D eigenvalue weighted by Gasteiger charge is -2.11. The van der Waals surface area contributed by atoms with Crippen molar-refractivity contribution in [1.82, 2.24) is 14.7 Å². The van der Waals surface area contributed by atoms with Gasteiger partial charge < -0.3 is 26.3 Å². The first-order chi connectivity index (χ1) is 14.4. The highest BCUT2D eigenvalue weighted by atomic mass is 16.4. The Morgan fingerprint density at radius 2 is 1.97 bits per heavy atom. The third kappa shape index (κ3) is 4.70. The van der Waals surface area contributed by atoms with E-state index < -0.39 is 12.0 Å². The first kappa shape index (κ1) is 21.2. The molecule has 3 rings (SSSR count). The van der Waals surface area contributed by atoms with E-state index >= 15 is 0 Å². The van der Waals surface area contributed by atoms with E-state index in [4.69, 9.17) is 16.6 Å². The van der Waals surface area contributed by atoms with E-state index in [2.05, 4.69) is 10.3 Å². The molecular weight excluding hydrogens is 386 g/mol. The molecule has 0 fully saturated rings. The summed E-state index contributed by atoms with van der Waals surface area (Å²) in [5, 5.41) is 11.3. The molecule has 0 saturated heterocycles. The lowest BCUT2D eigenvalue weighted by atomic mass is 10.0. The summed E-state index contributed by atoms with van der Waals surface area (Å²) in [6.07, 6.45) is 3.64. The molecule has 0 saturated carbocycles. The minimum Gasteiger partial charge on any atom is -0.481 e. The van der Waals surface area contributed by atoms with E-state index in [1.54, 1.807) is 47.1 Å². The van der Waals surface area contributed by atoms with Crippen LogP contribution in [0.15, 0.2) is 48.8 Å². The van der Waals surface area contributed by atoms with Crippen LogP contribution in [-0.2, 0) is 9.59 Å². The number of nitrogens with two attached hydrogens (primary N) is 2. The van der Waals surface area contributed by atoms with E-state index in [0.29, 0.717) is 28.0 Å². The zero-order valence-electron chi connectivity index (χ0n) is 16.2. The summed E-state index contributed by atoms with van der Waals surface area (Å²) in [4.78, 5) is 39.7. The van der Waals surface area contributed by atoms with Crippen molar-refractivity contribution in [2.24, 2.45) is 11.5 Å². The predicted octanol–water partition coefficient (Wildman–Crippen LogP) is 1.12. The third-order valence-corrected chi connectivity index (χ3v) is 4.63. The largest absolute Gasteiger partial charge is 0.481 e. The number of nitrogens with zero attached hydrogens (tertiary/aromatic N) is 2. The predicted molar refractivity (Wildman–Crippen MR) is 111 cm³/mol. The van der Waals surface area contributed by atoms with Crippen LogP contribution in [0.25, 0.3) is 16.9 Å². The molecule has 30 heavy (non-hydrogen) atoms. The summed E-state index contributed by atoms with van der Waals surface area (Å²) in [6, 6.07) is 9.59. The quantitative estimate of drug-likeness (QED) is 0.413. The van der Waals surface area contributed by atoms with Gasteiger partial charge in [-0.2, -0.15) is 0 Å². The van der Waals surface area contributed by atoms with E-state index in [0.717, 1.165) is 0 Å². The lowest BCUT2D eigenvalue weighted by Crippen LogP contribution is -2.25. The van der Waals surface area contributed by atoms with Gasteiger partial charge in [-0.05, 0) is 24.7 Å². The number of amides is 1. The fraction of sp³-hybridized carbons (Fsp3) is 0.238. The number of hydrogen-bond acceptors (Lipinski definition) is 6. The van der Waals surface area contributed by atoms with Gasteiger partial charge in [0.15, 0.2) is 5.78 Å². The van der Waals surface area contributed by atoms with Crippen molar-refractivity contribution < 1.29 is 19.5 Å². The number of rotatable bonds is 9. The smallest absolute Gasteiger partial charge is 0.305 e. The van der Waals surface area contributed by atoms with E-state index in [-0.39, 0.29) is 37.6 Å². The number of pyridine rings is 1. The van der Waals surface area contributed by atoms with E-state index in [1.807, 2.05) is 6.07 Å². The summed E-state index contributed by atoms with van der Waals surface area (Å²) in [7, 11) is 0. The maximum Gasteiger partial charge on any atom is 0.305 e. The summed E-state index contributed by atoms with van der Waals surface area (Å²) < 4.78 is 1.78. The first-order valence-electron chi connectivity index (χ1n) is 9.47. The summed E-state index contributed by atoms with van der Waals surface area (Å²) >= 11 is 0. The van der Waals surface area contributed by atoms with Gasteiger partial charge in [-0.25, -0.2) is 4.98 Å². The molecule has 1 atom stereocenters. The molecule has 0 aliphatic carbocycles. The molecule has 2 aromatic heterocycles. The molecule has 1 aromatic carbocycles. The van der Waals surface area contributed by atoms with Crippen molar-refractivity contribution in [1.29, 1.82) is 0 Å². The van der Waals surface area contributed by atoms with Gasteiger partial charge in [0.05, 0.1) is 18.2 Å². The number of hydrogen-bond donors (Lipinski definition) is 4. The highest BCUT2D eigenvalue weighted by molar-refractivity contribution is 5.95. The average Bonchev–Trinajstić information content (AvgIpc) is 3.17. The van der Waals surface area contributed by atoms with Crippen molar-refractivity contribution in [3.05, 3.63) is 59.9 Å². The van der Waals surface area contributed by atoms with Gasteiger partial charge in [-0.1, -0.05) is 18.2 Å². The Labute approximate surface area is 172 Å². The van der Waals surface area contributed by atoms with Crippen LogP contribution >= 0.6 is 0 Å². The Balaban J connectivity index is 1.89. The van der Waals surface area contributed by atoms with E-state index in [1.165, 1.54) is 0 Å². The Kier molecular flexibility index (Phi) is 6.55. The SMILES string of the molecule is NCCC(=O)C(N)c1cccn2cc(-c3cccc(C(=O)NCCC(=O)O)c3)nc12. The number of aliphatic carboxylic acids is 1. The highest BCUT2D eigenvalue weighted by Crippen LogP contribution is 2.24. The van der Waals surface area contributed by atoms with Gasteiger partial charge >= 0.3 is 5.97 Å². The number of carbonyl (C=O) groups is 3. The maximum absolute atomic E-state index is 12.3. The molecule has 0 radical (unpaired) electrons. The summed E-state index contributed by atoms with van der Waals surface area (Å²) in [6.45, 7) is 0.279. The second-order valence-corrected chi connectivity index (χ2v) is 6.78.